The number of allylic oxidation sites excluding steroid dienone is 1. The summed E-state index contributed by atoms with van der Waals surface area (Å²) in [6.45, 7) is 1.99. The fraction of sp³-hybridized carbons (Fsp3) is 0.143. The number of halogens is 8. The summed E-state index contributed by atoms with van der Waals surface area (Å²) in [6.07, 6.45) is -6.92. The van der Waals surface area contributed by atoms with Crippen LogP contribution in [0, 0.1) is 23.0 Å². The maximum absolute atomic E-state index is 14.1. The topological polar surface area (TPSA) is 96.9 Å². The number of anilines is 1. The molecule has 4 aromatic rings. The van der Waals surface area contributed by atoms with Crippen LogP contribution in [0.4, 0.5) is 36.4 Å². The first kappa shape index (κ1) is 31.0. The van der Waals surface area contributed by atoms with E-state index in [4.69, 9.17) is 11.6 Å². The number of fused-ring (bicyclic) bond motifs is 1. The first-order chi connectivity index (χ1) is 20.2. The zero-order valence-electron chi connectivity index (χ0n) is 21.4. The van der Waals surface area contributed by atoms with Crippen LogP contribution in [0.15, 0.2) is 59.9 Å². The molecule has 1 aromatic heterocycles. The minimum Gasteiger partial charge on any atom is -0.321 e. The van der Waals surface area contributed by atoms with Gasteiger partial charge in [-0.05, 0) is 42.5 Å². The molecule has 0 saturated heterocycles. The van der Waals surface area contributed by atoms with Gasteiger partial charge in [0.15, 0.2) is 5.78 Å². The van der Waals surface area contributed by atoms with Crippen molar-refractivity contribution in [1.29, 1.82) is 5.26 Å². The number of alkyl halides is 5. The molecule has 1 amide bonds. The number of carbonyl (C=O) groups is 2. The van der Waals surface area contributed by atoms with Gasteiger partial charge >= 0.3 is 11.9 Å². The number of nitriles is 1. The van der Waals surface area contributed by atoms with E-state index in [0.29, 0.717) is 22.8 Å². The van der Waals surface area contributed by atoms with Crippen LogP contribution in [-0.4, -0.2) is 27.3 Å². The van der Waals surface area contributed by atoms with Crippen LogP contribution in [0.3, 0.4) is 0 Å². The summed E-state index contributed by atoms with van der Waals surface area (Å²) in [5, 5.41) is 12.0. The summed E-state index contributed by atoms with van der Waals surface area (Å²) in [5.41, 5.74) is -6.60. The van der Waals surface area contributed by atoms with Gasteiger partial charge in [-0.1, -0.05) is 17.7 Å². The fourth-order valence-corrected chi connectivity index (χ4v) is 4.63. The van der Waals surface area contributed by atoms with Crippen molar-refractivity contribution in [2.45, 2.75) is 25.7 Å². The predicted octanol–water partition coefficient (Wildman–Crippen LogP) is 6.56. The summed E-state index contributed by atoms with van der Waals surface area (Å²) in [4.78, 5) is 40.0. The second-order valence-corrected chi connectivity index (χ2v) is 9.38. The second-order valence-electron chi connectivity index (χ2n) is 8.97. The maximum Gasteiger partial charge on any atom is 0.416 e. The molecular weight excluding hydrogens is 609 g/mol. The number of ketones is 1. The lowest BCUT2D eigenvalue weighted by molar-refractivity contribution is -0.137. The predicted molar refractivity (Wildman–Crippen MR) is 141 cm³/mol. The van der Waals surface area contributed by atoms with Crippen molar-refractivity contribution in [3.8, 4) is 6.07 Å². The van der Waals surface area contributed by atoms with Crippen molar-refractivity contribution in [2.24, 2.45) is 0 Å². The van der Waals surface area contributed by atoms with Crippen molar-refractivity contribution in [3.05, 3.63) is 110 Å². The number of rotatable bonds is 8. The number of hydrogen-bond donors (Lipinski definition) is 1. The smallest absolute Gasteiger partial charge is 0.321 e. The Bertz CT molecular complexity index is 1910. The van der Waals surface area contributed by atoms with Gasteiger partial charge in [0.05, 0.1) is 45.0 Å². The SMILES string of the molecule is C=CCn1c(=O)n(CC(F)F)c2cc(NC(=O)c3cc(F)cc(C(F)(F)F)c3)c(C(=O)c3cc(F)ccc3Cl)c(C#N)c21. The number of nitrogens with zero attached hydrogens (tertiary/aromatic N) is 3. The lowest BCUT2D eigenvalue weighted by Crippen LogP contribution is -2.26. The molecule has 0 aliphatic rings. The highest BCUT2D eigenvalue weighted by molar-refractivity contribution is 6.35. The molecule has 0 bridgehead atoms. The number of nitrogens with one attached hydrogen (secondary N) is 1. The summed E-state index contributed by atoms with van der Waals surface area (Å²) >= 11 is 6.09. The Kier molecular flexibility index (Phi) is 8.50. The maximum atomic E-state index is 14.1. The zero-order valence-corrected chi connectivity index (χ0v) is 22.2. The van der Waals surface area contributed by atoms with Crippen molar-refractivity contribution in [1.82, 2.24) is 9.13 Å². The third kappa shape index (κ3) is 6.02. The van der Waals surface area contributed by atoms with Crippen molar-refractivity contribution in [2.75, 3.05) is 5.32 Å². The number of amides is 1. The molecule has 0 saturated carbocycles. The standard InChI is InChI=1S/C28H16ClF7N4O3/c1-2-5-39-24-18(11-37)23(25(41)17-9-15(30)3-4-19(17)29)20(10-21(24)40(27(39)43)12-22(32)33)38-26(42)13-6-14(28(34,35)36)8-16(31)7-13/h2-4,6-10,22H,1,5,12H2,(H,38,42). The minimum atomic E-state index is -5.04. The molecular formula is C28H16ClF7N4O3. The number of benzene rings is 3. The third-order valence-electron chi connectivity index (χ3n) is 6.18. The summed E-state index contributed by atoms with van der Waals surface area (Å²) in [6, 6.07) is 6.15. The number of hydrogen-bond acceptors (Lipinski definition) is 4. The highest BCUT2D eigenvalue weighted by atomic mass is 35.5. The van der Waals surface area contributed by atoms with E-state index >= 15 is 0 Å². The Balaban J connectivity index is 2.07. The lowest BCUT2D eigenvalue weighted by Gasteiger charge is -2.16. The van der Waals surface area contributed by atoms with E-state index in [1.807, 2.05) is 0 Å². The number of aromatic nitrogens is 2. The van der Waals surface area contributed by atoms with E-state index in [1.165, 1.54) is 6.08 Å². The van der Waals surface area contributed by atoms with E-state index in [0.717, 1.165) is 22.8 Å². The van der Waals surface area contributed by atoms with Gasteiger partial charge < -0.3 is 5.32 Å². The van der Waals surface area contributed by atoms with Gasteiger partial charge in [0.1, 0.15) is 17.7 Å². The van der Waals surface area contributed by atoms with E-state index in [-0.39, 0.29) is 28.7 Å². The normalized spacial score (nSPS) is 11.5. The van der Waals surface area contributed by atoms with Gasteiger partial charge in [0, 0.05) is 17.7 Å². The van der Waals surface area contributed by atoms with Gasteiger partial charge in [-0.25, -0.2) is 22.4 Å². The zero-order chi connectivity index (χ0) is 31.8. The molecule has 0 unspecified atom stereocenters. The fourth-order valence-electron chi connectivity index (χ4n) is 4.42. The van der Waals surface area contributed by atoms with Crippen LogP contribution in [0.1, 0.15) is 37.4 Å². The van der Waals surface area contributed by atoms with Gasteiger partial charge in [0.25, 0.3) is 12.3 Å². The lowest BCUT2D eigenvalue weighted by atomic mass is 9.95. The molecule has 4 rings (SSSR count). The van der Waals surface area contributed by atoms with E-state index < -0.39 is 81.7 Å². The molecule has 1 N–H and O–H groups in total. The molecule has 0 fully saturated rings. The molecule has 0 aliphatic heterocycles. The largest absolute Gasteiger partial charge is 0.416 e. The van der Waals surface area contributed by atoms with Crippen LogP contribution in [-0.2, 0) is 19.3 Å². The van der Waals surface area contributed by atoms with Crippen molar-refractivity contribution >= 4 is 40.0 Å². The van der Waals surface area contributed by atoms with Gasteiger partial charge in [0.2, 0.25) is 0 Å². The van der Waals surface area contributed by atoms with Crippen molar-refractivity contribution in [3.63, 3.8) is 0 Å². The van der Waals surface area contributed by atoms with Gasteiger partial charge in [-0.3, -0.25) is 18.7 Å². The Labute approximate surface area is 242 Å². The molecule has 222 valence electrons. The van der Waals surface area contributed by atoms with Crippen LogP contribution < -0.4 is 11.0 Å². The van der Waals surface area contributed by atoms with Crippen LogP contribution >= 0.6 is 11.6 Å². The average molecular weight is 625 g/mol. The number of imidazole rings is 1. The molecule has 0 aliphatic carbocycles. The molecule has 43 heavy (non-hydrogen) atoms. The van der Waals surface area contributed by atoms with Crippen LogP contribution in [0.25, 0.3) is 11.0 Å². The number of carbonyl (C=O) groups excluding carboxylic acids is 2. The Hall–Kier alpha value is -4.90. The monoisotopic (exact) mass is 624 g/mol. The summed E-state index contributed by atoms with van der Waals surface area (Å²) in [7, 11) is 0. The molecule has 1 heterocycles. The molecule has 0 radical (unpaired) electrons. The van der Waals surface area contributed by atoms with E-state index in [9.17, 15) is 50.4 Å². The Morgan fingerprint density at radius 3 is 2.37 bits per heavy atom. The molecule has 0 atom stereocenters. The Morgan fingerprint density at radius 1 is 1.07 bits per heavy atom. The van der Waals surface area contributed by atoms with Crippen LogP contribution in [0.2, 0.25) is 5.02 Å². The van der Waals surface area contributed by atoms with E-state index in [1.54, 1.807) is 6.07 Å². The highest BCUT2D eigenvalue weighted by Crippen LogP contribution is 2.34. The first-order valence-electron chi connectivity index (χ1n) is 12.0. The third-order valence-corrected chi connectivity index (χ3v) is 6.51. The van der Waals surface area contributed by atoms with Gasteiger partial charge in [-0.2, -0.15) is 18.4 Å². The molecule has 3 aromatic carbocycles. The molecule has 15 heteroatoms. The molecule has 7 nitrogen and oxygen atoms in total. The molecule has 0 spiro atoms. The first-order valence-corrected chi connectivity index (χ1v) is 12.3. The summed E-state index contributed by atoms with van der Waals surface area (Å²) in [5.74, 6) is -4.93. The average Bonchev–Trinajstić information content (AvgIpc) is 3.17. The Morgan fingerprint density at radius 2 is 1.77 bits per heavy atom. The van der Waals surface area contributed by atoms with Gasteiger partial charge in [-0.15, -0.1) is 6.58 Å². The summed E-state index contributed by atoms with van der Waals surface area (Å²) < 4.78 is 96.3. The van der Waals surface area contributed by atoms with Crippen molar-refractivity contribution < 1.29 is 40.3 Å². The second kappa shape index (κ2) is 11.8. The van der Waals surface area contributed by atoms with E-state index in [2.05, 4.69) is 11.9 Å². The quantitative estimate of drug-likeness (QED) is 0.136. The van der Waals surface area contributed by atoms with Crippen LogP contribution in [0.5, 0.6) is 0 Å². The highest BCUT2D eigenvalue weighted by Gasteiger charge is 2.33. The minimum absolute atomic E-state index is 0.142.